The molecular weight excluding hydrogens is 362 g/mol. The SMILES string of the molecule is CC1(C)NC(=O)c2ccc(-c3n[nH]c4ncccc34)cc2N1Cc1ccccc1. The molecule has 0 unspecified atom stereocenters. The first-order chi connectivity index (χ1) is 14.0. The lowest BCUT2D eigenvalue weighted by atomic mass is 9.97. The number of amides is 1. The maximum Gasteiger partial charge on any atom is 0.255 e. The fourth-order valence-corrected chi connectivity index (χ4v) is 3.93. The van der Waals surface area contributed by atoms with Crippen LogP contribution in [-0.2, 0) is 6.54 Å². The lowest BCUT2D eigenvalue weighted by Gasteiger charge is -2.45. The topological polar surface area (TPSA) is 73.9 Å². The summed E-state index contributed by atoms with van der Waals surface area (Å²) in [4.78, 5) is 19.3. The van der Waals surface area contributed by atoms with Gasteiger partial charge in [0.15, 0.2) is 5.65 Å². The molecule has 1 amide bonds. The number of hydrogen-bond donors (Lipinski definition) is 2. The van der Waals surface area contributed by atoms with Gasteiger partial charge in [0.25, 0.3) is 5.91 Å². The molecule has 1 aliphatic heterocycles. The normalized spacial score (nSPS) is 15.2. The van der Waals surface area contributed by atoms with Gasteiger partial charge in [-0.25, -0.2) is 4.98 Å². The van der Waals surface area contributed by atoms with Crippen LogP contribution in [0.25, 0.3) is 22.3 Å². The fraction of sp³-hybridized carbons (Fsp3) is 0.174. The number of pyridine rings is 1. The second-order valence-corrected chi connectivity index (χ2v) is 7.79. The minimum absolute atomic E-state index is 0.0607. The van der Waals surface area contributed by atoms with Gasteiger partial charge in [-0.3, -0.25) is 9.89 Å². The Morgan fingerprint density at radius 2 is 1.86 bits per heavy atom. The summed E-state index contributed by atoms with van der Waals surface area (Å²) < 4.78 is 0. The molecule has 2 N–H and O–H groups in total. The zero-order valence-electron chi connectivity index (χ0n) is 16.3. The smallest absolute Gasteiger partial charge is 0.255 e. The summed E-state index contributed by atoms with van der Waals surface area (Å²) >= 11 is 0. The monoisotopic (exact) mass is 383 g/mol. The van der Waals surface area contributed by atoms with E-state index in [9.17, 15) is 4.79 Å². The van der Waals surface area contributed by atoms with E-state index in [1.165, 1.54) is 5.56 Å². The third-order valence-corrected chi connectivity index (χ3v) is 5.42. The van der Waals surface area contributed by atoms with Gasteiger partial charge in [-0.2, -0.15) is 5.10 Å². The van der Waals surface area contributed by atoms with Gasteiger partial charge in [-0.05, 0) is 43.7 Å². The summed E-state index contributed by atoms with van der Waals surface area (Å²) in [7, 11) is 0. The van der Waals surface area contributed by atoms with Crippen LogP contribution in [0.15, 0.2) is 66.9 Å². The summed E-state index contributed by atoms with van der Waals surface area (Å²) in [6, 6.07) is 20.1. The molecule has 2 aromatic carbocycles. The Balaban J connectivity index is 1.65. The fourth-order valence-electron chi connectivity index (χ4n) is 3.93. The molecule has 0 bridgehead atoms. The van der Waals surface area contributed by atoms with Crippen LogP contribution in [0.4, 0.5) is 5.69 Å². The van der Waals surface area contributed by atoms with Crippen molar-refractivity contribution in [2.75, 3.05) is 4.90 Å². The molecule has 6 heteroatoms. The lowest BCUT2D eigenvalue weighted by molar-refractivity contribution is 0.0897. The summed E-state index contributed by atoms with van der Waals surface area (Å²) in [5.74, 6) is -0.0607. The minimum atomic E-state index is -0.520. The van der Waals surface area contributed by atoms with E-state index in [0.717, 1.165) is 28.0 Å². The molecule has 1 aliphatic rings. The third-order valence-electron chi connectivity index (χ3n) is 5.42. The van der Waals surface area contributed by atoms with Crippen molar-refractivity contribution in [3.8, 4) is 11.3 Å². The molecule has 0 fully saturated rings. The number of rotatable bonds is 3. The number of hydrogen-bond acceptors (Lipinski definition) is 4. The van der Waals surface area contributed by atoms with E-state index in [4.69, 9.17) is 0 Å². The number of aromatic nitrogens is 3. The molecule has 29 heavy (non-hydrogen) atoms. The number of anilines is 1. The number of carbonyl (C=O) groups excluding carboxylic acids is 1. The standard InChI is InChI=1S/C23H21N5O/c1-23(2)25-22(29)17-11-10-16(20-18-9-6-12-24-21(18)27-26-20)13-19(17)28(23)14-15-7-4-3-5-8-15/h3-13H,14H2,1-2H3,(H,25,29)(H,24,26,27). The minimum Gasteiger partial charge on any atom is -0.344 e. The molecule has 3 heterocycles. The van der Waals surface area contributed by atoms with Crippen LogP contribution in [0, 0.1) is 0 Å². The first-order valence-electron chi connectivity index (χ1n) is 9.60. The van der Waals surface area contributed by atoms with Crippen LogP contribution in [0.3, 0.4) is 0 Å². The van der Waals surface area contributed by atoms with E-state index in [-0.39, 0.29) is 5.91 Å². The molecule has 0 saturated heterocycles. The predicted molar refractivity (Wildman–Crippen MR) is 113 cm³/mol. The highest BCUT2D eigenvalue weighted by molar-refractivity contribution is 6.04. The second kappa shape index (κ2) is 6.44. The maximum absolute atomic E-state index is 12.7. The van der Waals surface area contributed by atoms with Crippen molar-refractivity contribution in [3.05, 3.63) is 78.0 Å². The molecule has 0 radical (unpaired) electrons. The van der Waals surface area contributed by atoms with Gasteiger partial charge in [0.1, 0.15) is 11.4 Å². The van der Waals surface area contributed by atoms with Crippen LogP contribution in [-0.4, -0.2) is 26.8 Å². The molecule has 0 saturated carbocycles. The highest BCUT2D eigenvalue weighted by atomic mass is 16.2. The van der Waals surface area contributed by atoms with Crippen LogP contribution in [0.1, 0.15) is 29.8 Å². The third kappa shape index (κ3) is 2.93. The van der Waals surface area contributed by atoms with Gasteiger partial charge in [-0.1, -0.05) is 36.4 Å². The number of aromatic amines is 1. The number of H-pyrrole nitrogens is 1. The van der Waals surface area contributed by atoms with Crippen molar-refractivity contribution < 1.29 is 4.79 Å². The average Bonchev–Trinajstić information content (AvgIpc) is 3.15. The Hall–Kier alpha value is -3.67. The highest BCUT2D eigenvalue weighted by Crippen LogP contribution is 2.37. The van der Waals surface area contributed by atoms with E-state index in [0.29, 0.717) is 12.1 Å². The van der Waals surface area contributed by atoms with Crippen LogP contribution < -0.4 is 10.2 Å². The molecular formula is C23H21N5O. The summed E-state index contributed by atoms with van der Waals surface area (Å²) in [5, 5.41) is 11.5. The molecule has 5 rings (SSSR count). The molecule has 0 aliphatic carbocycles. The number of benzene rings is 2. The van der Waals surface area contributed by atoms with Gasteiger partial charge in [0, 0.05) is 23.7 Å². The number of fused-ring (bicyclic) bond motifs is 2. The van der Waals surface area contributed by atoms with Crippen molar-refractivity contribution in [2.45, 2.75) is 26.1 Å². The molecule has 2 aromatic heterocycles. The Morgan fingerprint density at radius 3 is 2.69 bits per heavy atom. The molecule has 0 spiro atoms. The van der Waals surface area contributed by atoms with Gasteiger partial charge >= 0.3 is 0 Å². The van der Waals surface area contributed by atoms with Crippen molar-refractivity contribution in [1.82, 2.24) is 20.5 Å². The largest absolute Gasteiger partial charge is 0.344 e. The van der Waals surface area contributed by atoms with Crippen LogP contribution >= 0.6 is 0 Å². The number of carbonyl (C=O) groups is 1. The van der Waals surface area contributed by atoms with E-state index in [1.807, 2.05) is 56.3 Å². The van der Waals surface area contributed by atoms with Crippen LogP contribution in [0.5, 0.6) is 0 Å². The number of nitrogens with one attached hydrogen (secondary N) is 2. The maximum atomic E-state index is 12.7. The van der Waals surface area contributed by atoms with E-state index in [1.54, 1.807) is 6.20 Å². The van der Waals surface area contributed by atoms with Gasteiger partial charge in [-0.15, -0.1) is 0 Å². The Kier molecular flexibility index (Phi) is 3.87. The first kappa shape index (κ1) is 17.4. The summed E-state index contributed by atoms with van der Waals surface area (Å²) in [5.41, 5.74) is 4.77. The first-order valence-corrected chi connectivity index (χ1v) is 9.60. The van der Waals surface area contributed by atoms with Crippen LogP contribution in [0.2, 0.25) is 0 Å². The summed E-state index contributed by atoms with van der Waals surface area (Å²) in [6.45, 7) is 4.74. The molecule has 4 aromatic rings. The van der Waals surface area contributed by atoms with Crippen molar-refractivity contribution in [1.29, 1.82) is 0 Å². The quantitative estimate of drug-likeness (QED) is 0.558. The molecule has 6 nitrogen and oxygen atoms in total. The van der Waals surface area contributed by atoms with E-state index in [2.05, 4.69) is 43.6 Å². The van der Waals surface area contributed by atoms with E-state index >= 15 is 0 Å². The van der Waals surface area contributed by atoms with Crippen molar-refractivity contribution >= 4 is 22.6 Å². The lowest BCUT2D eigenvalue weighted by Crippen LogP contribution is -2.60. The van der Waals surface area contributed by atoms with E-state index < -0.39 is 5.66 Å². The second-order valence-electron chi connectivity index (χ2n) is 7.79. The molecule has 0 atom stereocenters. The highest BCUT2D eigenvalue weighted by Gasteiger charge is 2.36. The zero-order chi connectivity index (χ0) is 20.0. The zero-order valence-corrected chi connectivity index (χ0v) is 16.3. The average molecular weight is 383 g/mol. The van der Waals surface area contributed by atoms with Crippen molar-refractivity contribution in [2.24, 2.45) is 0 Å². The van der Waals surface area contributed by atoms with Gasteiger partial charge in [0.05, 0.1) is 11.3 Å². The Bertz CT molecular complexity index is 1210. The summed E-state index contributed by atoms with van der Waals surface area (Å²) in [6.07, 6.45) is 1.74. The van der Waals surface area contributed by atoms with Gasteiger partial charge in [0.2, 0.25) is 0 Å². The van der Waals surface area contributed by atoms with Gasteiger partial charge < -0.3 is 10.2 Å². The van der Waals surface area contributed by atoms with Crippen molar-refractivity contribution in [3.63, 3.8) is 0 Å². The Morgan fingerprint density at radius 1 is 1.03 bits per heavy atom. The number of nitrogens with zero attached hydrogens (tertiary/aromatic N) is 3. The predicted octanol–water partition coefficient (Wildman–Crippen LogP) is 4.11. The Labute approximate surface area is 168 Å². The molecule has 144 valence electrons.